The van der Waals surface area contributed by atoms with Gasteiger partial charge in [-0.2, -0.15) is 0 Å². The number of anilines is 2. The minimum Gasteiger partial charge on any atom is -0.323 e. The summed E-state index contributed by atoms with van der Waals surface area (Å²) in [6.07, 6.45) is 2.49. The van der Waals surface area contributed by atoms with Crippen LogP contribution in [0.5, 0.6) is 0 Å². The van der Waals surface area contributed by atoms with Crippen molar-refractivity contribution in [2.75, 3.05) is 17.3 Å². The Kier molecular flexibility index (Phi) is 5.12. The number of amides is 2. The third-order valence-electron chi connectivity index (χ3n) is 5.09. The van der Waals surface area contributed by atoms with Crippen LogP contribution in [0.4, 0.5) is 15.8 Å². The Morgan fingerprint density at radius 2 is 1.79 bits per heavy atom. The second-order valence-electron chi connectivity index (χ2n) is 6.97. The van der Waals surface area contributed by atoms with E-state index in [2.05, 4.69) is 10.3 Å². The van der Waals surface area contributed by atoms with Crippen LogP contribution in [0.15, 0.2) is 54.6 Å². The van der Waals surface area contributed by atoms with E-state index in [9.17, 15) is 14.0 Å². The second-order valence-corrected chi connectivity index (χ2v) is 6.97. The van der Waals surface area contributed by atoms with Crippen LogP contribution in [0.2, 0.25) is 0 Å². The molecule has 0 radical (unpaired) electrons. The lowest BCUT2D eigenvalue weighted by molar-refractivity contribution is 0.0987. The Balaban J connectivity index is 1.68. The molecule has 1 N–H and O–H groups in total. The third-order valence-corrected chi connectivity index (χ3v) is 5.09. The van der Waals surface area contributed by atoms with E-state index in [0.717, 1.165) is 24.2 Å². The number of nitrogens with zero attached hydrogens (tertiary/aromatic N) is 3. The monoisotopic (exact) mass is 392 g/mol. The number of carbonyl (C=O) groups is 2. The summed E-state index contributed by atoms with van der Waals surface area (Å²) < 4.78 is 15.7. The molecule has 2 amide bonds. The first-order chi connectivity index (χ1) is 14.1. The number of carbonyl (C=O) groups excluding carboxylic acids is 2. The van der Waals surface area contributed by atoms with Crippen LogP contribution < -0.4 is 10.2 Å². The molecule has 3 aromatic rings. The molecule has 0 spiro atoms. The van der Waals surface area contributed by atoms with E-state index in [1.807, 2.05) is 30.3 Å². The summed E-state index contributed by atoms with van der Waals surface area (Å²) in [6.45, 7) is 0.602. The Morgan fingerprint density at radius 3 is 2.55 bits per heavy atom. The fraction of sp³-hybridized carbons (Fsp3) is 0.227. The van der Waals surface area contributed by atoms with Gasteiger partial charge in [0.2, 0.25) is 0 Å². The zero-order valence-corrected chi connectivity index (χ0v) is 16.1. The van der Waals surface area contributed by atoms with Crippen LogP contribution in [0.3, 0.4) is 0 Å². The predicted octanol–water partition coefficient (Wildman–Crippen LogP) is 3.89. The molecule has 0 aliphatic carbocycles. The van der Waals surface area contributed by atoms with Gasteiger partial charge in [-0.05, 0) is 43.5 Å². The molecule has 2 heterocycles. The van der Waals surface area contributed by atoms with Gasteiger partial charge in [-0.15, -0.1) is 0 Å². The molecule has 1 aromatic heterocycles. The summed E-state index contributed by atoms with van der Waals surface area (Å²) in [4.78, 5) is 31.9. The zero-order valence-electron chi connectivity index (χ0n) is 16.1. The Bertz CT molecular complexity index is 1060. The van der Waals surface area contributed by atoms with Crippen molar-refractivity contribution in [3.63, 3.8) is 0 Å². The molecule has 0 unspecified atom stereocenters. The molecule has 0 atom stereocenters. The van der Waals surface area contributed by atoms with Crippen molar-refractivity contribution in [3.8, 4) is 0 Å². The van der Waals surface area contributed by atoms with E-state index in [1.54, 1.807) is 23.7 Å². The van der Waals surface area contributed by atoms with Crippen LogP contribution in [-0.4, -0.2) is 28.4 Å². The van der Waals surface area contributed by atoms with Crippen molar-refractivity contribution in [1.82, 2.24) is 9.55 Å². The van der Waals surface area contributed by atoms with Crippen LogP contribution in [-0.2, 0) is 13.0 Å². The minimum absolute atomic E-state index is 0.0833. The molecular formula is C22H21FN4O2. The van der Waals surface area contributed by atoms with Gasteiger partial charge in [-0.3, -0.25) is 9.59 Å². The van der Waals surface area contributed by atoms with Crippen molar-refractivity contribution >= 4 is 23.2 Å². The maximum Gasteiger partial charge on any atom is 0.291 e. The first-order valence-corrected chi connectivity index (χ1v) is 9.54. The molecule has 0 saturated heterocycles. The molecule has 148 valence electrons. The van der Waals surface area contributed by atoms with E-state index in [0.29, 0.717) is 13.0 Å². The van der Waals surface area contributed by atoms with Crippen LogP contribution >= 0.6 is 0 Å². The van der Waals surface area contributed by atoms with Gasteiger partial charge < -0.3 is 14.8 Å². The summed E-state index contributed by atoms with van der Waals surface area (Å²) in [6, 6.07) is 15.2. The Labute approximate surface area is 168 Å². The number of para-hydroxylation sites is 2. The normalized spacial score (nSPS) is 12.9. The van der Waals surface area contributed by atoms with Crippen LogP contribution in [0, 0.1) is 5.82 Å². The number of imidazole rings is 1. The quantitative estimate of drug-likeness (QED) is 0.733. The number of rotatable bonds is 4. The van der Waals surface area contributed by atoms with Crippen LogP contribution in [0.25, 0.3) is 0 Å². The highest BCUT2D eigenvalue weighted by molar-refractivity contribution is 6.07. The van der Waals surface area contributed by atoms with Gasteiger partial charge in [0, 0.05) is 19.3 Å². The maximum absolute atomic E-state index is 13.9. The number of hydrogen-bond donors (Lipinski definition) is 1. The average Bonchev–Trinajstić information content (AvgIpc) is 3.15. The SMILES string of the molecule is CN(C(=O)c1nc(C(=O)Nc2ccccc2F)n2c1CCCC2)c1ccccc1. The summed E-state index contributed by atoms with van der Waals surface area (Å²) in [5.74, 6) is -1.19. The highest BCUT2D eigenvalue weighted by atomic mass is 19.1. The molecule has 0 saturated carbocycles. The van der Waals surface area contributed by atoms with E-state index < -0.39 is 11.7 Å². The van der Waals surface area contributed by atoms with Crippen molar-refractivity contribution in [2.24, 2.45) is 0 Å². The number of benzene rings is 2. The molecule has 4 rings (SSSR count). The number of hydrogen-bond acceptors (Lipinski definition) is 3. The summed E-state index contributed by atoms with van der Waals surface area (Å²) in [5, 5.41) is 2.57. The number of fused-ring (bicyclic) bond motifs is 1. The number of aromatic nitrogens is 2. The predicted molar refractivity (Wildman–Crippen MR) is 109 cm³/mol. The van der Waals surface area contributed by atoms with Crippen molar-refractivity contribution in [2.45, 2.75) is 25.8 Å². The standard InChI is InChI=1S/C22H21FN4O2/c1-26(15-9-3-2-4-10-15)22(29)19-18-13-7-8-14-27(18)20(25-19)21(28)24-17-12-6-5-11-16(17)23/h2-6,9-12H,7-8,13-14H2,1H3,(H,24,28). The lowest BCUT2D eigenvalue weighted by atomic mass is 10.1. The second kappa shape index (κ2) is 7.87. The minimum atomic E-state index is -0.528. The van der Waals surface area contributed by atoms with Crippen molar-refractivity contribution in [1.29, 1.82) is 0 Å². The number of nitrogens with one attached hydrogen (secondary N) is 1. The molecule has 6 nitrogen and oxygen atoms in total. The average molecular weight is 392 g/mol. The number of halogens is 1. The molecule has 7 heteroatoms. The summed E-state index contributed by atoms with van der Waals surface area (Å²) >= 11 is 0. The summed E-state index contributed by atoms with van der Waals surface area (Å²) in [5.41, 5.74) is 1.85. The summed E-state index contributed by atoms with van der Waals surface area (Å²) in [7, 11) is 1.69. The molecule has 29 heavy (non-hydrogen) atoms. The first kappa shape index (κ1) is 18.9. The van der Waals surface area contributed by atoms with Crippen LogP contribution in [0.1, 0.15) is 39.6 Å². The van der Waals surface area contributed by atoms with Gasteiger partial charge in [-0.25, -0.2) is 9.37 Å². The lowest BCUT2D eigenvalue weighted by Gasteiger charge is -2.19. The topological polar surface area (TPSA) is 67.2 Å². The van der Waals surface area contributed by atoms with Crippen molar-refractivity contribution in [3.05, 3.63) is 77.6 Å². The maximum atomic E-state index is 13.9. The molecule has 2 aromatic carbocycles. The third kappa shape index (κ3) is 3.63. The highest BCUT2D eigenvalue weighted by Crippen LogP contribution is 2.24. The Morgan fingerprint density at radius 1 is 1.07 bits per heavy atom. The molecule has 1 aliphatic heterocycles. The van der Waals surface area contributed by atoms with Gasteiger partial charge in [0.15, 0.2) is 11.5 Å². The van der Waals surface area contributed by atoms with E-state index in [-0.39, 0.29) is 23.1 Å². The highest BCUT2D eigenvalue weighted by Gasteiger charge is 2.29. The fourth-order valence-electron chi connectivity index (χ4n) is 3.56. The van der Waals surface area contributed by atoms with Gasteiger partial charge in [-0.1, -0.05) is 30.3 Å². The van der Waals surface area contributed by atoms with Gasteiger partial charge in [0.1, 0.15) is 5.82 Å². The molecular weight excluding hydrogens is 371 g/mol. The van der Waals surface area contributed by atoms with Crippen molar-refractivity contribution < 1.29 is 14.0 Å². The van der Waals surface area contributed by atoms with E-state index >= 15 is 0 Å². The molecule has 0 bridgehead atoms. The fourth-order valence-corrected chi connectivity index (χ4v) is 3.56. The lowest BCUT2D eigenvalue weighted by Crippen LogP contribution is -2.28. The van der Waals surface area contributed by atoms with E-state index in [4.69, 9.17) is 0 Å². The first-order valence-electron chi connectivity index (χ1n) is 9.54. The largest absolute Gasteiger partial charge is 0.323 e. The zero-order chi connectivity index (χ0) is 20.4. The smallest absolute Gasteiger partial charge is 0.291 e. The Hall–Kier alpha value is -3.48. The van der Waals surface area contributed by atoms with Gasteiger partial charge in [0.05, 0.1) is 11.4 Å². The van der Waals surface area contributed by atoms with Gasteiger partial charge >= 0.3 is 0 Å². The molecule has 1 aliphatic rings. The molecule has 0 fully saturated rings. The van der Waals surface area contributed by atoms with Gasteiger partial charge in [0.25, 0.3) is 11.8 Å². The van der Waals surface area contributed by atoms with E-state index in [1.165, 1.54) is 17.0 Å².